The van der Waals surface area contributed by atoms with E-state index in [1.807, 2.05) is 12.1 Å². The zero-order valence-electron chi connectivity index (χ0n) is 11.3. The number of rotatable bonds is 4. The van der Waals surface area contributed by atoms with E-state index in [1.54, 1.807) is 12.1 Å². The first-order valence-electron chi connectivity index (χ1n) is 7.12. The van der Waals surface area contributed by atoms with E-state index in [0.717, 1.165) is 30.7 Å². The fraction of sp³-hybridized carbons (Fsp3) is 0.625. The maximum atomic E-state index is 13.8. The molecule has 1 saturated carbocycles. The van der Waals surface area contributed by atoms with Crippen LogP contribution in [-0.2, 0) is 6.42 Å². The second-order valence-electron chi connectivity index (χ2n) is 5.84. The summed E-state index contributed by atoms with van der Waals surface area (Å²) in [7, 11) is 0. The molecule has 0 amide bonds. The third-order valence-corrected chi connectivity index (χ3v) is 4.57. The van der Waals surface area contributed by atoms with Crippen LogP contribution in [0.2, 0.25) is 0 Å². The largest absolute Gasteiger partial charge is 0.330 e. The van der Waals surface area contributed by atoms with E-state index < -0.39 is 0 Å². The summed E-state index contributed by atoms with van der Waals surface area (Å²) in [5.41, 5.74) is 6.99. The molecular weight excluding hydrogens is 225 g/mol. The van der Waals surface area contributed by atoms with Gasteiger partial charge in [0, 0.05) is 0 Å². The van der Waals surface area contributed by atoms with Crippen molar-refractivity contribution in [1.29, 1.82) is 0 Å². The van der Waals surface area contributed by atoms with Crippen molar-refractivity contribution in [2.45, 2.75) is 45.4 Å². The van der Waals surface area contributed by atoms with Gasteiger partial charge >= 0.3 is 0 Å². The van der Waals surface area contributed by atoms with Crippen LogP contribution in [-0.4, -0.2) is 6.54 Å². The van der Waals surface area contributed by atoms with Crippen LogP contribution in [0.5, 0.6) is 0 Å². The van der Waals surface area contributed by atoms with Gasteiger partial charge in [0.2, 0.25) is 0 Å². The number of hydrogen-bond acceptors (Lipinski definition) is 1. The molecule has 0 bridgehead atoms. The molecule has 2 unspecified atom stereocenters. The number of nitrogens with two attached hydrogens (primary N) is 1. The third kappa shape index (κ3) is 2.92. The van der Waals surface area contributed by atoms with Gasteiger partial charge in [-0.05, 0) is 48.8 Å². The Morgan fingerprint density at radius 2 is 2.17 bits per heavy atom. The molecule has 1 aromatic carbocycles. The Kier molecular flexibility index (Phi) is 4.39. The molecule has 2 atom stereocenters. The maximum Gasteiger partial charge on any atom is 0.126 e. The number of benzene rings is 1. The van der Waals surface area contributed by atoms with Gasteiger partial charge in [0.25, 0.3) is 0 Å². The Balaban J connectivity index is 2.15. The van der Waals surface area contributed by atoms with Gasteiger partial charge in [-0.3, -0.25) is 0 Å². The second kappa shape index (κ2) is 5.83. The zero-order chi connectivity index (χ0) is 13.0. The second-order valence-corrected chi connectivity index (χ2v) is 5.84. The first kappa shape index (κ1) is 13.5. The summed E-state index contributed by atoms with van der Waals surface area (Å²) in [5.74, 6) is 0.693. The van der Waals surface area contributed by atoms with Crippen LogP contribution in [0, 0.1) is 17.2 Å². The smallest absolute Gasteiger partial charge is 0.126 e. The van der Waals surface area contributed by atoms with Crippen molar-refractivity contribution in [2.24, 2.45) is 17.1 Å². The Hall–Kier alpha value is -0.890. The van der Waals surface area contributed by atoms with E-state index >= 15 is 0 Å². The molecule has 1 aliphatic rings. The molecule has 2 N–H and O–H groups in total. The van der Waals surface area contributed by atoms with Crippen LogP contribution >= 0.6 is 0 Å². The average Bonchev–Trinajstić information content (AvgIpc) is 2.42. The summed E-state index contributed by atoms with van der Waals surface area (Å²) in [6.07, 6.45) is 6.88. The summed E-state index contributed by atoms with van der Waals surface area (Å²) in [4.78, 5) is 0. The lowest BCUT2D eigenvalue weighted by Crippen LogP contribution is -2.38. The summed E-state index contributed by atoms with van der Waals surface area (Å²) >= 11 is 0. The van der Waals surface area contributed by atoms with E-state index in [2.05, 4.69) is 6.92 Å². The summed E-state index contributed by atoms with van der Waals surface area (Å²) in [5, 5.41) is 0. The summed E-state index contributed by atoms with van der Waals surface area (Å²) < 4.78 is 13.8. The van der Waals surface area contributed by atoms with Crippen molar-refractivity contribution in [3.05, 3.63) is 35.6 Å². The predicted octanol–water partition coefficient (Wildman–Crippen LogP) is 3.91. The minimum atomic E-state index is -0.0797. The molecule has 0 aromatic heterocycles. The van der Waals surface area contributed by atoms with Crippen LogP contribution in [0.1, 0.15) is 44.6 Å². The monoisotopic (exact) mass is 249 g/mol. The first-order valence-corrected chi connectivity index (χ1v) is 7.12. The third-order valence-electron chi connectivity index (χ3n) is 4.57. The lowest BCUT2D eigenvalue weighted by molar-refractivity contribution is 0.141. The van der Waals surface area contributed by atoms with Crippen LogP contribution in [0.4, 0.5) is 4.39 Å². The van der Waals surface area contributed by atoms with Crippen molar-refractivity contribution in [2.75, 3.05) is 6.54 Å². The Morgan fingerprint density at radius 1 is 1.39 bits per heavy atom. The van der Waals surface area contributed by atoms with Crippen molar-refractivity contribution < 1.29 is 4.39 Å². The molecule has 2 heteroatoms. The molecule has 0 radical (unpaired) electrons. The Morgan fingerprint density at radius 3 is 2.83 bits per heavy atom. The van der Waals surface area contributed by atoms with E-state index in [0.29, 0.717) is 6.54 Å². The normalized spacial score (nSPS) is 28.3. The van der Waals surface area contributed by atoms with Gasteiger partial charge in [-0.25, -0.2) is 4.39 Å². The van der Waals surface area contributed by atoms with Crippen molar-refractivity contribution in [1.82, 2.24) is 0 Å². The predicted molar refractivity (Wildman–Crippen MR) is 73.8 cm³/mol. The van der Waals surface area contributed by atoms with Crippen LogP contribution in [0.3, 0.4) is 0 Å². The number of hydrogen-bond donors (Lipinski definition) is 1. The van der Waals surface area contributed by atoms with Gasteiger partial charge in [-0.15, -0.1) is 0 Å². The fourth-order valence-electron chi connectivity index (χ4n) is 3.39. The minimum absolute atomic E-state index is 0.0797. The van der Waals surface area contributed by atoms with Crippen molar-refractivity contribution >= 4 is 0 Å². The van der Waals surface area contributed by atoms with E-state index in [9.17, 15) is 4.39 Å². The lowest BCUT2D eigenvalue weighted by Gasteiger charge is -2.40. The average molecular weight is 249 g/mol. The quantitative estimate of drug-likeness (QED) is 0.860. The SMILES string of the molecule is CCC1CCCC(CN)(Cc2ccccc2F)C1. The molecule has 0 saturated heterocycles. The molecule has 1 fully saturated rings. The Bertz CT molecular complexity index is 390. The molecule has 0 heterocycles. The molecule has 1 aromatic rings. The van der Waals surface area contributed by atoms with Crippen LogP contribution in [0.15, 0.2) is 24.3 Å². The molecule has 0 spiro atoms. The van der Waals surface area contributed by atoms with Gasteiger partial charge in [0.1, 0.15) is 5.82 Å². The standard InChI is InChI=1S/C16H24FN/c1-2-13-6-5-9-16(10-13,12-18)11-14-7-3-4-8-15(14)17/h3-4,7-8,13H,2,5-6,9-12,18H2,1H3. The van der Waals surface area contributed by atoms with Crippen molar-refractivity contribution in [3.63, 3.8) is 0 Å². The highest BCUT2D eigenvalue weighted by molar-refractivity contribution is 5.19. The van der Waals surface area contributed by atoms with Crippen LogP contribution < -0.4 is 5.73 Å². The van der Waals surface area contributed by atoms with Gasteiger partial charge in [-0.2, -0.15) is 0 Å². The van der Waals surface area contributed by atoms with E-state index in [1.165, 1.54) is 19.3 Å². The fourth-order valence-corrected chi connectivity index (χ4v) is 3.39. The van der Waals surface area contributed by atoms with E-state index in [4.69, 9.17) is 5.73 Å². The first-order chi connectivity index (χ1) is 8.69. The summed E-state index contributed by atoms with van der Waals surface area (Å²) in [6, 6.07) is 7.13. The topological polar surface area (TPSA) is 26.0 Å². The van der Waals surface area contributed by atoms with Gasteiger partial charge in [0.05, 0.1) is 0 Å². The molecular formula is C16H24FN. The highest BCUT2D eigenvalue weighted by Crippen LogP contribution is 2.42. The summed E-state index contributed by atoms with van der Waals surface area (Å²) in [6.45, 7) is 2.93. The van der Waals surface area contributed by atoms with Gasteiger partial charge in [0.15, 0.2) is 0 Å². The van der Waals surface area contributed by atoms with Crippen LogP contribution in [0.25, 0.3) is 0 Å². The molecule has 100 valence electrons. The molecule has 0 aliphatic heterocycles. The Labute approximate surface area is 110 Å². The molecule has 1 nitrogen and oxygen atoms in total. The highest BCUT2D eigenvalue weighted by Gasteiger charge is 2.35. The lowest BCUT2D eigenvalue weighted by atomic mass is 9.66. The van der Waals surface area contributed by atoms with Gasteiger partial charge < -0.3 is 5.73 Å². The number of halogens is 1. The van der Waals surface area contributed by atoms with Gasteiger partial charge in [-0.1, -0.05) is 44.4 Å². The highest BCUT2D eigenvalue weighted by atomic mass is 19.1. The molecule has 18 heavy (non-hydrogen) atoms. The molecule has 1 aliphatic carbocycles. The zero-order valence-corrected chi connectivity index (χ0v) is 11.3. The maximum absolute atomic E-state index is 13.8. The van der Waals surface area contributed by atoms with E-state index in [-0.39, 0.29) is 11.2 Å². The van der Waals surface area contributed by atoms with Crippen molar-refractivity contribution in [3.8, 4) is 0 Å². The minimum Gasteiger partial charge on any atom is -0.330 e. The molecule has 2 rings (SSSR count).